The first-order chi connectivity index (χ1) is 15.0. The minimum Gasteiger partial charge on any atom is -0.493 e. The molecule has 7 nitrogen and oxygen atoms in total. The second-order valence-corrected chi connectivity index (χ2v) is 10.0. The van der Waals surface area contributed by atoms with Crippen LogP contribution in [0.25, 0.3) is 11.3 Å². The lowest BCUT2D eigenvalue weighted by Gasteiger charge is -2.17. The van der Waals surface area contributed by atoms with Crippen molar-refractivity contribution in [1.82, 2.24) is 15.1 Å². The average Bonchev–Trinajstić information content (AvgIpc) is 3.16. The molecule has 0 N–H and O–H groups in total. The molecule has 3 aromatic rings. The van der Waals surface area contributed by atoms with Crippen LogP contribution in [-0.4, -0.2) is 45.3 Å². The third-order valence-corrected chi connectivity index (χ3v) is 7.16. The number of rotatable bonds is 7. The lowest BCUT2D eigenvalue weighted by Crippen LogP contribution is -2.25. The predicted octanol–water partition coefficient (Wildman–Crippen LogP) is 3.75. The van der Waals surface area contributed by atoms with Gasteiger partial charge in [-0.3, -0.25) is 9.19 Å². The molecule has 31 heavy (non-hydrogen) atoms. The van der Waals surface area contributed by atoms with Crippen molar-refractivity contribution in [1.29, 1.82) is 0 Å². The maximum absolute atomic E-state index is 11.5. The minimum atomic E-state index is -1.01. The number of benzene rings is 1. The Labute approximate surface area is 184 Å². The first-order valence-corrected chi connectivity index (χ1v) is 12.2. The van der Waals surface area contributed by atoms with Gasteiger partial charge in [0.25, 0.3) is 0 Å². The summed E-state index contributed by atoms with van der Waals surface area (Å²) >= 11 is 0. The van der Waals surface area contributed by atoms with Crippen LogP contribution in [0.4, 0.5) is 6.01 Å². The fourth-order valence-electron chi connectivity index (χ4n) is 4.28. The SMILES string of the molecule is CC(C)c1noc(N2CC3C(COc4ccc(-c5ccc(S(C)=O)cn5)cc4)C3C2)n1. The zero-order valence-corrected chi connectivity index (χ0v) is 18.7. The number of anilines is 1. The van der Waals surface area contributed by atoms with E-state index in [0.29, 0.717) is 23.8 Å². The molecule has 3 unspecified atom stereocenters. The molecule has 1 aromatic carbocycles. The molecule has 0 radical (unpaired) electrons. The number of hydrogen-bond donors (Lipinski definition) is 0. The molecule has 1 saturated heterocycles. The Bertz CT molecular complexity index is 1070. The van der Waals surface area contributed by atoms with E-state index in [-0.39, 0.29) is 5.92 Å². The average molecular weight is 439 g/mol. The second-order valence-electron chi connectivity index (χ2n) is 8.66. The summed E-state index contributed by atoms with van der Waals surface area (Å²) in [5.41, 5.74) is 1.87. The quantitative estimate of drug-likeness (QED) is 0.556. The Morgan fingerprint density at radius 1 is 1.16 bits per heavy atom. The molecule has 3 heterocycles. The molecule has 0 spiro atoms. The number of hydrogen-bond acceptors (Lipinski definition) is 7. The van der Waals surface area contributed by atoms with Crippen molar-refractivity contribution in [2.24, 2.45) is 17.8 Å². The van der Waals surface area contributed by atoms with E-state index < -0.39 is 10.8 Å². The van der Waals surface area contributed by atoms with E-state index in [1.165, 1.54) is 0 Å². The highest BCUT2D eigenvalue weighted by Gasteiger charge is 2.56. The summed E-state index contributed by atoms with van der Waals surface area (Å²) in [6.45, 7) is 6.79. The zero-order valence-electron chi connectivity index (χ0n) is 17.9. The molecule has 162 valence electrons. The summed E-state index contributed by atoms with van der Waals surface area (Å²) < 4.78 is 23.0. The second kappa shape index (κ2) is 8.07. The van der Waals surface area contributed by atoms with Gasteiger partial charge < -0.3 is 14.2 Å². The molecule has 2 fully saturated rings. The van der Waals surface area contributed by atoms with Crippen molar-refractivity contribution in [3.8, 4) is 17.0 Å². The summed E-state index contributed by atoms with van der Waals surface area (Å²) in [4.78, 5) is 11.9. The summed E-state index contributed by atoms with van der Waals surface area (Å²) in [6.07, 6.45) is 3.32. The summed E-state index contributed by atoms with van der Waals surface area (Å²) in [6, 6.07) is 12.4. The van der Waals surface area contributed by atoms with Gasteiger partial charge in [-0.25, -0.2) is 0 Å². The number of nitrogens with zero attached hydrogens (tertiary/aromatic N) is 4. The van der Waals surface area contributed by atoms with Crippen LogP contribution in [0.2, 0.25) is 0 Å². The summed E-state index contributed by atoms with van der Waals surface area (Å²) in [5.74, 6) is 3.79. The monoisotopic (exact) mass is 438 g/mol. The first kappa shape index (κ1) is 20.2. The van der Waals surface area contributed by atoms with E-state index in [1.54, 1.807) is 12.5 Å². The van der Waals surface area contributed by atoms with Crippen LogP contribution in [0.5, 0.6) is 5.75 Å². The maximum atomic E-state index is 11.5. The van der Waals surface area contributed by atoms with Crippen molar-refractivity contribution >= 4 is 16.8 Å². The molecule has 1 saturated carbocycles. The van der Waals surface area contributed by atoms with Gasteiger partial charge in [-0.15, -0.1) is 0 Å². The van der Waals surface area contributed by atoms with E-state index >= 15 is 0 Å². The van der Waals surface area contributed by atoms with Crippen LogP contribution in [0.1, 0.15) is 25.6 Å². The molecule has 0 bridgehead atoms. The van der Waals surface area contributed by atoms with Crippen molar-refractivity contribution < 1.29 is 13.5 Å². The maximum Gasteiger partial charge on any atom is 0.324 e. The van der Waals surface area contributed by atoms with E-state index in [0.717, 1.165) is 47.4 Å². The molecule has 1 aliphatic carbocycles. The number of fused-ring (bicyclic) bond motifs is 1. The van der Waals surface area contributed by atoms with Crippen LogP contribution < -0.4 is 9.64 Å². The Kier molecular flexibility index (Phi) is 5.25. The number of aromatic nitrogens is 3. The Morgan fingerprint density at radius 2 is 1.90 bits per heavy atom. The third kappa shape index (κ3) is 4.08. The van der Waals surface area contributed by atoms with E-state index in [9.17, 15) is 4.21 Å². The van der Waals surface area contributed by atoms with Gasteiger partial charge in [0.05, 0.1) is 28.0 Å². The van der Waals surface area contributed by atoms with Gasteiger partial charge in [-0.2, -0.15) is 4.98 Å². The molecule has 2 aliphatic rings. The van der Waals surface area contributed by atoms with Gasteiger partial charge in [-0.1, -0.05) is 19.0 Å². The summed E-state index contributed by atoms with van der Waals surface area (Å²) in [5, 5.41) is 4.07. The molecule has 8 heteroatoms. The minimum absolute atomic E-state index is 0.277. The van der Waals surface area contributed by atoms with Crippen LogP contribution >= 0.6 is 0 Å². The summed E-state index contributed by atoms with van der Waals surface area (Å²) in [7, 11) is -1.01. The van der Waals surface area contributed by atoms with Gasteiger partial charge in [0, 0.05) is 42.9 Å². The molecule has 2 aromatic heterocycles. The molecule has 5 rings (SSSR count). The van der Waals surface area contributed by atoms with Crippen molar-refractivity contribution in [3.05, 3.63) is 48.4 Å². The van der Waals surface area contributed by atoms with Crippen molar-refractivity contribution in [2.75, 3.05) is 30.9 Å². The van der Waals surface area contributed by atoms with Gasteiger partial charge in [-0.05, 0) is 48.2 Å². The lowest BCUT2D eigenvalue weighted by atomic mass is 10.1. The Balaban J connectivity index is 1.12. The topological polar surface area (TPSA) is 81.4 Å². The highest BCUT2D eigenvalue weighted by atomic mass is 32.2. The van der Waals surface area contributed by atoms with Gasteiger partial charge in [0.15, 0.2) is 5.82 Å². The lowest BCUT2D eigenvalue weighted by molar-refractivity contribution is 0.282. The fourth-order valence-corrected chi connectivity index (χ4v) is 4.74. The van der Waals surface area contributed by atoms with E-state index in [2.05, 4.69) is 33.9 Å². The fraction of sp³-hybridized carbons (Fsp3) is 0.435. The van der Waals surface area contributed by atoms with Crippen LogP contribution in [-0.2, 0) is 10.8 Å². The Morgan fingerprint density at radius 3 is 2.48 bits per heavy atom. The van der Waals surface area contributed by atoms with Gasteiger partial charge in [0.2, 0.25) is 0 Å². The van der Waals surface area contributed by atoms with E-state index in [1.807, 2.05) is 36.4 Å². The number of pyridine rings is 1. The zero-order chi connectivity index (χ0) is 21.5. The Hall–Kier alpha value is -2.74. The molecule has 3 atom stereocenters. The molecular formula is C23H26N4O3S. The molecule has 0 amide bonds. The van der Waals surface area contributed by atoms with Crippen molar-refractivity contribution in [2.45, 2.75) is 24.7 Å². The number of ether oxygens (including phenoxy) is 1. The van der Waals surface area contributed by atoms with Gasteiger partial charge >= 0.3 is 6.01 Å². The van der Waals surface area contributed by atoms with Crippen LogP contribution in [0.3, 0.4) is 0 Å². The van der Waals surface area contributed by atoms with E-state index in [4.69, 9.17) is 9.26 Å². The molecular weight excluding hydrogens is 412 g/mol. The largest absolute Gasteiger partial charge is 0.493 e. The van der Waals surface area contributed by atoms with Crippen LogP contribution in [0, 0.1) is 17.8 Å². The van der Waals surface area contributed by atoms with Crippen molar-refractivity contribution in [3.63, 3.8) is 0 Å². The molecule has 1 aliphatic heterocycles. The van der Waals surface area contributed by atoms with Gasteiger partial charge in [0.1, 0.15) is 5.75 Å². The third-order valence-electron chi connectivity index (χ3n) is 6.25. The first-order valence-electron chi connectivity index (χ1n) is 10.6. The van der Waals surface area contributed by atoms with Crippen LogP contribution in [0.15, 0.2) is 52.0 Å². The smallest absolute Gasteiger partial charge is 0.324 e. The highest BCUT2D eigenvalue weighted by Crippen LogP contribution is 2.52. The predicted molar refractivity (Wildman–Crippen MR) is 119 cm³/mol. The normalized spacial score (nSPS) is 23.1. The number of piperidine rings is 1. The standard InChI is InChI=1S/C23H26N4O3S/c1-14(2)22-25-23(30-26-22)27-11-18-19(12-27)20(18)13-29-16-6-4-15(5-7-16)21-9-8-17(10-24-21)31(3)28/h4-10,14,18-20H,11-13H2,1-3H3. The highest BCUT2D eigenvalue weighted by molar-refractivity contribution is 7.84.